The number of hydrogen-bond acceptors (Lipinski definition) is 9. The normalized spacial score (nSPS) is 18.9. The van der Waals surface area contributed by atoms with Crippen molar-refractivity contribution >= 4 is 21.6 Å². The molecule has 0 aromatic heterocycles. The van der Waals surface area contributed by atoms with Gasteiger partial charge in [0.1, 0.15) is 24.1 Å². The van der Waals surface area contributed by atoms with Crippen molar-refractivity contribution in [3.63, 3.8) is 0 Å². The predicted molar refractivity (Wildman–Crippen MR) is 108 cm³/mol. The van der Waals surface area contributed by atoms with Crippen LogP contribution in [-0.4, -0.2) is 40.0 Å². The van der Waals surface area contributed by atoms with Crippen LogP contribution in [0.4, 0.5) is 0 Å². The van der Waals surface area contributed by atoms with Gasteiger partial charge in [-0.3, -0.25) is 0 Å². The van der Waals surface area contributed by atoms with Crippen molar-refractivity contribution in [1.29, 1.82) is 0 Å². The van der Waals surface area contributed by atoms with Gasteiger partial charge in [-0.1, -0.05) is 21.6 Å². The summed E-state index contributed by atoms with van der Waals surface area (Å²) >= 11 is 0. The molecule has 0 bridgehead atoms. The second kappa shape index (κ2) is 9.08. The van der Waals surface area contributed by atoms with E-state index in [0.29, 0.717) is 5.75 Å². The van der Waals surface area contributed by atoms with Crippen LogP contribution in [0.1, 0.15) is 34.7 Å². The van der Waals surface area contributed by atoms with Crippen LogP contribution in [0.3, 0.4) is 0 Å². The molecule has 0 saturated carbocycles. The molecule has 0 N–H and O–H groups in total. The maximum absolute atomic E-state index is 10.5. The van der Waals surface area contributed by atoms with Crippen molar-refractivity contribution < 1.29 is 24.6 Å². The Labute approximate surface area is 171 Å². The van der Waals surface area contributed by atoms with E-state index in [-0.39, 0.29) is 11.4 Å². The highest BCUT2D eigenvalue weighted by Gasteiger charge is 2.37. The van der Waals surface area contributed by atoms with E-state index in [1.54, 1.807) is 0 Å². The van der Waals surface area contributed by atoms with E-state index < -0.39 is 22.9 Å². The van der Waals surface area contributed by atoms with Gasteiger partial charge in [0.25, 0.3) is 10.2 Å². The van der Waals surface area contributed by atoms with E-state index in [4.69, 9.17) is 4.74 Å². The highest BCUT2D eigenvalue weighted by molar-refractivity contribution is 8.76. The van der Waals surface area contributed by atoms with Gasteiger partial charge >= 0.3 is 0 Å². The smallest absolute Gasteiger partial charge is 0.294 e. The number of benzene rings is 1. The number of fused-ring (bicyclic) bond motifs is 1. The first-order valence-electron chi connectivity index (χ1n) is 8.65. The fourth-order valence-corrected chi connectivity index (χ4v) is 5.75. The number of ether oxygens (including phenoxy) is 1. The van der Waals surface area contributed by atoms with Gasteiger partial charge in [0.15, 0.2) is 0 Å². The Bertz CT molecular complexity index is 736. The molecule has 11 heteroatoms. The Balaban J connectivity index is 1.92. The Morgan fingerprint density at radius 3 is 2.32 bits per heavy atom. The van der Waals surface area contributed by atoms with Crippen LogP contribution in [0.25, 0.3) is 0 Å². The molecule has 2 rings (SSSR count). The lowest BCUT2D eigenvalue weighted by Gasteiger charge is -2.24. The highest BCUT2D eigenvalue weighted by atomic mass is 33.1. The first-order chi connectivity index (χ1) is 13.0. The molecule has 9 nitrogen and oxygen atoms in total. The molecule has 0 spiro atoms. The maximum Gasteiger partial charge on any atom is 0.294 e. The van der Waals surface area contributed by atoms with Crippen molar-refractivity contribution in [3.8, 4) is 5.75 Å². The third-order valence-electron chi connectivity index (χ3n) is 4.96. The molecule has 1 aromatic rings. The summed E-state index contributed by atoms with van der Waals surface area (Å²) in [5.41, 5.74) is 5.81. The Hall–Kier alpha value is -1.88. The van der Waals surface area contributed by atoms with Crippen LogP contribution in [0.15, 0.2) is 0 Å². The van der Waals surface area contributed by atoms with Gasteiger partial charge in [-0.05, 0) is 56.9 Å². The van der Waals surface area contributed by atoms with Gasteiger partial charge in [-0.25, -0.2) is 0 Å². The topological polar surface area (TPSA) is 114 Å². The molecule has 0 aliphatic carbocycles. The van der Waals surface area contributed by atoms with Gasteiger partial charge in [0.05, 0.1) is 0 Å². The summed E-state index contributed by atoms with van der Waals surface area (Å²) in [6, 6.07) is 0. The van der Waals surface area contributed by atoms with Crippen molar-refractivity contribution in [1.82, 2.24) is 0 Å². The minimum absolute atomic E-state index is 0.179. The molecule has 1 aromatic carbocycles. The first kappa shape index (κ1) is 22.4. The lowest BCUT2D eigenvalue weighted by molar-refractivity contribution is -0.788. The lowest BCUT2D eigenvalue weighted by Crippen LogP contribution is -2.33. The van der Waals surface area contributed by atoms with Crippen LogP contribution in [0, 0.1) is 47.9 Å². The summed E-state index contributed by atoms with van der Waals surface area (Å²) in [6.45, 7) is 9.98. The fourth-order valence-electron chi connectivity index (χ4n) is 3.11. The molecule has 0 radical (unpaired) electrons. The van der Waals surface area contributed by atoms with Crippen LogP contribution in [0.5, 0.6) is 5.75 Å². The van der Waals surface area contributed by atoms with Crippen molar-refractivity contribution in [3.05, 3.63) is 48.0 Å². The molecule has 2 atom stereocenters. The van der Waals surface area contributed by atoms with E-state index in [2.05, 4.69) is 37.4 Å². The average Bonchev–Trinajstić information content (AvgIpc) is 2.97. The number of rotatable bonds is 10. The zero-order valence-electron chi connectivity index (χ0n) is 16.5. The summed E-state index contributed by atoms with van der Waals surface area (Å²) in [6.07, 6.45) is -0.217. The first-order valence-corrected chi connectivity index (χ1v) is 11.1. The molecule has 1 aliphatic rings. The summed E-state index contributed by atoms with van der Waals surface area (Å²) in [5, 5.41) is 18.8. The van der Waals surface area contributed by atoms with Crippen molar-refractivity contribution in [2.75, 3.05) is 18.1 Å². The second-order valence-corrected chi connectivity index (χ2v) is 9.56. The van der Waals surface area contributed by atoms with Gasteiger partial charge in [-0.2, -0.15) is 0 Å². The Morgan fingerprint density at radius 1 is 1.07 bits per heavy atom. The third kappa shape index (κ3) is 5.34. The summed E-state index contributed by atoms with van der Waals surface area (Å²) in [4.78, 5) is 29.4. The van der Waals surface area contributed by atoms with Crippen molar-refractivity contribution in [2.45, 2.75) is 52.7 Å². The standard InChI is InChI=1S/C17H24N2O7S2/c1-10-11(2)13(4)16-15(12(10)3)6-17(5,25-16)9-28-27-8-14(26-19(22)23)7-24-18(20)21/h14H,6-9H2,1-5H3. The van der Waals surface area contributed by atoms with E-state index in [0.717, 1.165) is 17.7 Å². The molecule has 0 fully saturated rings. The molecule has 28 heavy (non-hydrogen) atoms. The van der Waals surface area contributed by atoms with Crippen LogP contribution >= 0.6 is 21.6 Å². The zero-order chi connectivity index (χ0) is 21.1. The molecule has 2 unspecified atom stereocenters. The molecule has 156 valence electrons. The summed E-state index contributed by atoms with van der Waals surface area (Å²) in [5.74, 6) is 1.80. The molecule has 0 saturated heterocycles. The van der Waals surface area contributed by atoms with Gasteiger partial charge in [-0.15, -0.1) is 20.2 Å². The van der Waals surface area contributed by atoms with Gasteiger partial charge in [0.2, 0.25) is 0 Å². The van der Waals surface area contributed by atoms with E-state index in [9.17, 15) is 20.2 Å². The molecule has 1 aliphatic heterocycles. The predicted octanol–water partition coefficient (Wildman–Crippen LogP) is 3.78. The lowest BCUT2D eigenvalue weighted by atomic mass is 9.90. The number of hydrogen-bond donors (Lipinski definition) is 0. The Kier molecular flexibility index (Phi) is 7.27. The van der Waals surface area contributed by atoms with Crippen LogP contribution < -0.4 is 4.74 Å². The minimum atomic E-state index is -1.01. The fraction of sp³-hybridized carbons (Fsp3) is 0.647. The molecular weight excluding hydrogens is 408 g/mol. The van der Waals surface area contributed by atoms with E-state index >= 15 is 0 Å². The summed E-state index contributed by atoms with van der Waals surface area (Å²) in [7, 11) is 2.83. The minimum Gasteiger partial charge on any atom is -0.486 e. The largest absolute Gasteiger partial charge is 0.486 e. The van der Waals surface area contributed by atoms with Gasteiger partial charge in [0, 0.05) is 23.5 Å². The van der Waals surface area contributed by atoms with Gasteiger partial charge < -0.3 is 14.4 Å². The third-order valence-corrected chi connectivity index (χ3v) is 7.62. The van der Waals surface area contributed by atoms with E-state index in [1.165, 1.54) is 43.8 Å². The van der Waals surface area contributed by atoms with E-state index in [1.807, 2.05) is 6.92 Å². The SMILES string of the molecule is Cc1c(C)c(C)c2c(c1C)CC(C)(CSSCC(CO[N+](=O)[O-])O[N+](=O)[O-])O2. The van der Waals surface area contributed by atoms with Crippen LogP contribution in [-0.2, 0) is 16.1 Å². The second-order valence-electron chi connectivity index (χ2n) is 7.05. The Morgan fingerprint density at radius 2 is 1.71 bits per heavy atom. The molecular formula is C17H24N2O7S2. The monoisotopic (exact) mass is 432 g/mol. The zero-order valence-corrected chi connectivity index (χ0v) is 18.1. The number of nitrogens with zero attached hydrogens (tertiary/aromatic N) is 2. The quantitative estimate of drug-likeness (QED) is 0.236. The maximum atomic E-state index is 10.5. The highest BCUT2D eigenvalue weighted by Crippen LogP contribution is 2.44. The molecule has 0 amide bonds. The molecule has 1 heterocycles. The van der Waals surface area contributed by atoms with Crippen LogP contribution in [0.2, 0.25) is 0 Å². The van der Waals surface area contributed by atoms with Crippen molar-refractivity contribution in [2.24, 2.45) is 0 Å². The summed E-state index contributed by atoms with van der Waals surface area (Å²) < 4.78 is 6.30. The average molecular weight is 433 g/mol.